The van der Waals surface area contributed by atoms with Crippen molar-refractivity contribution in [2.45, 2.75) is 23.8 Å². The summed E-state index contributed by atoms with van der Waals surface area (Å²) in [5.74, 6) is -0.976. The van der Waals surface area contributed by atoms with E-state index in [1.54, 1.807) is 0 Å². The minimum absolute atomic E-state index is 0.00515. The molecule has 2 rings (SSSR count). The van der Waals surface area contributed by atoms with Gasteiger partial charge in [-0.15, -0.1) is 11.3 Å². The molecule has 0 spiro atoms. The zero-order valence-electron chi connectivity index (χ0n) is 9.37. The highest BCUT2D eigenvalue weighted by atomic mass is 32.2. The first-order valence-corrected chi connectivity index (χ1v) is 7.74. The molecular weight excluding hydrogens is 278 g/mol. The van der Waals surface area contributed by atoms with E-state index in [0.29, 0.717) is 12.8 Å². The molecule has 3 N–H and O–H groups in total. The van der Waals surface area contributed by atoms with Crippen LogP contribution in [-0.4, -0.2) is 37.2 Å². The van der Waals surface area contributed by atoms with Gasteiger partial charge in [0.15, 0.2) is 0 Å². The molecule has 0 aromatic carbocycles. The molecule has 0 saturated heterocycles. The molecule has 0 radical (unpaired) electrons. The first-order chi connectivity index (χ1) is 8.38. The molecule has 1 saturated carbocycles. The van der Waals surface area contributed by atoms with E-state index < -0.39 is 16.0 Å². The number of aliphatic hydroxyl groups excluding tert-OH is 1. The summed E-state index contributed by atoms with van der Waals surface area (Å²) in [5, 5.41) is 19.1. The van der Waals surface area contributed by atoms with E-state index >= 15 is 0 Å². The summed E-state index contributed by atoms with van der Waals surface area (Å²) in [5.41, 5.74) is 0. The number of rotatable bonds is 5. The van der Waals surface area contributed by atoms with Crippen molar-refractivity contribution < 1.29 is 23.4 Å². The van der Waals surface area contributed by atoms with Gasteiger partial charge in [0.2, 0.25) is 10.0 Å². The van der Waals surface area contributed by atoms with Crippen LogP contribution >= 0.6 is 11.3 Å². The highest BCUT2D eigenvalue weighted by molar-refractivity contribution is 7.89. The van der Waals surface area contributed by atoms with E-state index in [0.717, 1.165) is 17.4 Å². The largest absolute Gasteiger partial charge is 0.477 e. The second kappa shape index (κ2) is 4.96. The topological polar surface area (TPSA) is 104 Å². The van der Waals surface area contributed by atoms with Crippen molar-refractivity contribution in [2.75, 3.05) is 6.54 Å². The Morgan fingerprint density at radius 3 is 2.67 bits per heavy atom. The van der Waals surface area contributed by atoms with Gasteiger partial charge < -0.3 is 10.2 Å². The standard InChI is InChI=1S/C10H13NO5S2/c12-7-1-6(2-7)4-11-18(15,16)8-3-9(10(13)14)17-5-8/h3,5-7,11-12H,1-2,4H2,(H,13,14). The molecule has 0 aliphatic heterocycles. The smallest absolute Gasteiger partial charge is 0.345 e. The second-order valence-electron chi connectivity index (χ2n) is 4.29. The number of hydrogen-bond acceptors (Lipinski definition) is 5. The Morgan fingerprint density at radius 1 is 1.50 bits per heavy atom. The lowest BCUT2D eigenvalue weighted by Gasteiger charge is -2.31. The van der Waals surface area contributed by atoms with Gasteiger partial charge in [0, 0.05) is 11.9 Å². The summed E-state index contributed by atoms with van der Waals surface area (Å²) in [6, 6.07) is 1.14. The average Bonchev–Trinajstić information content (AvgIpc) is 2.72. The number of thiophene rings is 1. The molecule has 1 aromatic rings. The first-order valence-electron chi connectivity index (χ1n) is 5.38. The zero-order valence-corrected chi connectivity index (χ0v) is 11.0. The van der Waals surface area contributed by atoms with Gasteiger partial charge in [-0.05, 0) is 24.8 Å². The summed E-state index contributed by atoms with van der Waals surface area (Å²) in [4.78, 5) is 10.6. The van der Waals surface area contributed by atoms with Crippen molar-refractivity contribution in [3.05, 3.63) is 16.3 Å². The number of carboxylic acids is 1. The lowest BCUT2D eigenvalue weighted by Crippen LogP contribution is -2.38. The maximum absolute atomic E-state index is 11.8. The zero-order chi connectivity index (χ0) is 13.3. The molecule has 1 aliphatic rings. The maximum atomic E-state index is 11.8. The quantitative estimate of drug-likeness (QED) is 0.732. The Morgan fingerprint density at radius 2 is 2.17 bits per heavy atom. The second-order valence-corrected chi connectivity index (χ2v) is 6.97. The molecule has 18 heavy (non-hydrogen) atoms. The molecule has 1 fully saturated rings. The summed E-state index contributed by atoms with van der Waals surface area (Å²) in [6.45, 7) is 0.275. The molecule has 0 atom stereocenters. The van der Waals surface area contributed by atoms with Crippen LogP contribution in [0.2, 0.25) is 0 Å². The van der Waals surface area contributed by atoms with Crippen molar-refractivity contribution in [3.63, 3.8) is 0 Å². The van der Waals surface area contributed by atoms with Gasteiger partial charge in [-0.3, -0.25) is 0 Å². The van der Waals surface area contributed by atoms with Crippen LogP contribution in [0, 0.1) is 5.92 Å². The first kappa shape index (κ1) is 13.5. The van der Waals surface area contributed by atoms with Crippen LogP contribution in [0.3, 0.4) is 0 Å². The van der Waals surface area contributed by atoms with Crippen LogP contribution in [-0.2, 0) is 10.0 Å². The number of carbonyl (C=O) groups is 1. The third-order valence-electron chi connectivity index (χ3n) is 2.87. The molecule has 1 aromatic heterocycles. The van der Waals surface area contributed by atoms with Crippen LogP contribution in [0.25, 0.3) is 0 Å². The van der Waals surface area contributed by atoms with E-state index in [1.807, 2.05) is 0 Å². The van der Waals surface area contributed by atoms with Gasteiger partial charge in [-0.1, -0.05) is 0 Å². The van der Waals surface area contributed by atoms with E-state index in [-0.39, 0.29) is 28.3 Å². The van der Waals surface area contributed by atoms with Crippen LogP contribution < -0.4 is 4.72 Å². The Kier molecular flexibility index (Phi) is 3.71. The summed E-state index contributed by atoms with van der Waals surface area (Å²) in [6.07, 6.45) is 0.887. The Bertz CT molecular complexity index is 544. The minimum Gasteiger partial charge on any atom is -0.477 e. The van der Waals surface area contributed by atoms with E-state index in [2.05, 4.69) is 4.72 Å². The van der Waals surface area contributed by atoms with E-state index in [9.17, 15) is 13.2 Å². The predicted octanol–water partition coefficient (Wildman–Crippen LogP) is 0.495. The van der Waals surface area contributed by atoms with Crippen molar-refractivity contribution in [1.82, 2.24) is 4.72 Å². The van der Waals surface area contributed by atoms with Crippen LogP contribution in [0.1, 0.15) is 22.5 Å². The van der Waals surface area contributed by atoms with Gasteiger partial charge in [0.1, 0.15) is 4.88 Å². The fraction of sp³-hybridized carbons (Fsp3) is 0.500. The number of aromatic carboxylic acids is 1. The summed E-state index contributed by atoms with van der Waals surface area (Å²) < 4.78 is 26.1. The summed E-state index contributed by atoms with van der Waals surface area (Å²) >= 11 is 0.880. The average molecular weight is 291 g/mol. The maximum Gasteiger partial charge on any atom is 0.345 e. The monoisotopic (exact) mass is 291 g/mol. The molecular formula is C10H13NO5S2. The van der Waals surface area contributed by atoms with Gasteiger partial charge in [-0.2, -0.15) is 0 Å². The van der Waals surface area contributed by atoms with Crippen molar-refractivity contribution in [2.24, 2.45) is 5.92 Å². The number of carboxylic acid groups (broad SMARTS) is 1. The number of sulfonamides is 1. The number of nitrogens with one attached hydrogen (secondary N) is 1. The van der Waals surface area contributed by atoms with Gasteiger partial charge >= 0.3 is 5.97 Å². The van der Waals surface area contributed by atoms with Crippen molar-refractivity contribution in [1.29, 1.82) is 0 Å². The number of hydrogen-bond donors (Lipinski definition) is 3. The molecule has 0 amide bonds. The van der Waals surface area contributed by atoms with Gasteiger partial charge in [0.25, 0.3) is 0 Å². The minimum atomic E-state index is -3.65. The summed E-state index contributed by atoms with van der Waals surface area (Å²) in [7, 11) is -3.65. The number of aliphatic hydroxyl groups is 1. The Balaban J connectivity index is 1.99. The predicted molar refractivity (Wildman–Crippen MR) is 65.2 cm³/mol. The normalized spacial score (nSPS) is 23.6. The van der Waals surface area contributed by atoms with Crippen molar-refractivity contribution in [3.8, 4) is 0 Å². The van der Waals surface area contributed by atoms with Gasteiger partial charge in [0.05, 0.1) is 11.0 Å². The van der Waals surface area contributed by atoms with E-state index in [1.165, 1.54) is 5.38 Å². The lowest BCUT2D eigenvalue weighted by molar-refractivity contribution is 0.0453. The fourth-order valence-electron chi connectivity index (χ4n) is 1.75. The SMILES string of the molecule is O=C(O)c1cc(S(=O)(=O)NCC2CC(O)C2)cs1. The molecule has 0 unspecified atom stereocenters. The Labute approximate surface area is 108 Å². The molecule has 1 aliphatic carbocycles. The van der Waals surface area contributed by atoms with Crippen molar-refractivity contribution >= 4 is 27.3 Å². The Hall–Kier alpha value is -0.960. The molecule has 1 heterocycles. The highest BCUT2D eigenvalue weighted by Crippen LogP contribution is 2.27. The molecule has 100 valence electrons. The van der Waals surface area contributed by atoms with E-state index in [4.69, 9.17) is 10.2 Å². The molecule has 0 bridgehead atoms. The third kappa shape index (κ3) is 2.89. The van der Waals surface area contributed by atoms with Gasteiger partial charge in [-0.25, -0.2) is 17.9 Å². The highest BCUT2D eigenvalue weighted by Gasteiger charge is 2.28. The van der Waals surface area contributed by atoms with Crippen LogP contribution in [0.4, 0.5) is 0 Å². The fourth-order valence-corrected chi connectivity index (χ4v) is 3.98. The third-order valence-corrected chi connectivity index (χ3v) is 5.34. The molecule has 6 nitrogen and oxygen atoms in total. The van der Waals surface area contributed by atoms with Crippen LogP contribution in [0.15, 0.2) is 16.3 Å². The lowest BCUT2D eigenvalue weighted by atomic mass is 9.83. The molecule has 8 heteroatoms. The van der Waals surface area contributed by atoms with Crippen LogP contribution in [0.5, 0.6) is 0 Å².